The first kappa shape index (κ1) is 12.4. The highest BCUT2D eigenvalue weighted by Gasteiger charge is 2.35. The molecule has 16 heavy (non-hydrogen) atoms. The first-order chi connectivity index (χ1) is 7.68. The minimum absolute atomic E-state index is 0.0940. The highest BCUT2D eigenvalue weighted by atomic mass is 16.7. The van der Waals surface area contributed by atoms with Crippen LogP contribution < -0.4 is 0 Å². The predicted octanol–water partition coefficient (Wildman–Crippen LogP) is 3.60. The van der Waals surface area contributed by atoms with Crippen LogP contribution in [-0.4, -0.2) is 19.0 Å². The molecule has 1 saturated heterocycles. The van der Waals surface area contributed by atoms with Gasteiger partial charge in [0.25, 0.3) is 0 Å². The lowest BCUT2D eigenvalue weighted by molar-refractivity contribution is -0.176. The second-order valence-corrected chi connectivity index (χ2v) is 5.85. The summed E-state index contributed by atoms with van der Waals surface area (Å²) in [4.78, 5) is 0. The van der Waals surface area contributed by atoms with Crippen molar-refractivity contribution in [1.82, 2.24) is 0 Å². The van der Waals surface area contributed by atoms with Crippen LogP contribution in [0, 0.1) is 17.8 Å². The van der Waals surface area contributed by atoms with Gasteiger partial charge < -0.3 is 9.47 Å². The maximum atomic E-state index is 6.17. The number of ether oxygens (including phenoxy) is 2. The van der Waals surface area contributed by atoms with Crippen LogP contribution in [0.1, 0.15) is 52.9 Å². The third kappa shape index (κ3) is 2.78. The van der Waals surface area contributed by atoms with Gasteiger partial charge >= 0.3 is 0 Å². The van der Waals surface area contributed by atoms with Crippen LogP contribution in [0.5, 0.6) is 0 Å². The second-order valence-electron chi connectivity index (χ2n) is 5.85. The Labute approximate surface area is 99.7 Å². The van der Waals surface area contributed by atoms with Gasteiger partial charge in [-0.1, -0.05) is 33.6 Å². The van der Waals surface area contributed by atoms with E-state index in [1.165, 1.54) is 25.7 Å². The molecule has 0 aromatic carbocycles. The molecule has 2 heteroatoms. The summed E-state index contributed by atoms with van der Waals surface area (Å²) in [7, 11) is 0. The van der Waals surface area contributed by atoms with Crippen molar-refractivity contribution in [3.63, 3.8) is 0 Å². The van der Waals surface area contributed by atoms with E-state index in [0.29, 0.717) is 6.10 Å². The smallest absolute Gasteiger partial charge is 0.158 e. The first-order valence-electron chi connectivity index (χ1n) is 6.95. The van der Waals surface area contributed by atoms with E-state index in [9.17, 15) is 0 Å². The zero-order valence-corrected chi connectivity index (χ0v) is 10.9. The van der Waals surface area contributed by atoms with Crippen molar-refractivity contribution in [2.45, 2.75) is 65.3 Å². The maximum Gasteiger partial charge on any atom is 0.158 e. The standard InChI is InChI=1S/C14H26O2/c1-10(2)14-11(3)6-4-7-12(14)16-13-8-5-9-15-13/h10-14H,4-9H2,1-3H3. The fourth-order valence-corrected chi connectivity index (χ4v) is 3.49. The summed E-state index contributed by atoms with van der Waals surface area (Å²) in [5, 5.41) is 0. The highest BCUT2D eigenvalue weighted by molar-refractivity contribution is 4.83. The average Bonchev–Trinajstić information content (AvgIpc) is 2.70. The molecule has 2 rings (SSSR count). The fraction of sp³-hybridized carbons (Fsp3) is 1.00. The van der Waals surface area contributed by atoms with E-state index in [1.54, 1.807) is 0 Å². The molecule has 0 N–H and O–H groups in total. The average molecular weight is 226 g/mol. The van der Waals surface area contributed by atoms with Crippen LogP contribution in [0.4, 0.5) is 0 Å². The van der Waals surface area contributed by atoms with Crippen molar-refractivity contribution < 1.29 is 9.47 Å². The molecular weight excluding hydrogens is 200 g/mol. The molecular formula is C14H26O2. The minimum atomic E-state index is 0.0940. The van der Waals surface area contributed by atoms with E-state index in [0.717, 1.165) is 30.8 Å². The normalized spacial score (nSPS) is 40.5. The Balaban J connectivity index is 1.93. The van der Waals surface area contributed by atoms with E-state index in [1.807, 2.05) is 0 Å². The van der Waals surface area contributed by atoms with Crippen molar-refractivity contribution in [2.75, 3.05) is 6.61 Å². The molecule has 1 aliphatic heterocycles. The van der Waals surface area contributed by atoms with Crippen molar-refractivity contribution >= 4 is 0 Å². The molecule has 2 fully saturated rings. The van der Waals surface area contributed by atoms with Gasteiger partial charge in [0.1, 0.15) is 0 Å². The first-order valence-corrected chi connectivity index (χ1v) is 6.95. The lowest BCUT2D eigenvalue weighted by atomic mass is 9.72. The second kappa shape index (κ2) is 5.50. The highest BCUT2D eigenvalue weighted by Crippen LogP contribution is 2.38. The summed E-state index contributed by atoms with van der Waals surface area (Å²) >= 11 is 0. The predicted molar refractivity (Wildman–Crippen MR) is 65.2 cm³/mol. The molecule has 0 aromatic rings. The molecule has 4 atom stereocenters. The van der Waals surface area contributed by atoms with Gasteiger partial charge in [-0.25, -0.2) is 0 Å². The Bertz CT molecular complexity index is 209. The van der Waals surface area contributed by atoms with E-state index in [4.69, 9.17) is 9.47 Å². The van der Waals surface area contributed by atoms with E-state index < -0.39 is 0 Å². The van der Waals surface area contributed by atoms with E-state index >= 15 is 0 Å². The van der Waals surface area contributed by atoms with Gasteiger partial charge in [0.05, 0.1) is 6.10 Å². The molecule has 2 aliphatic rings. The van der Waals surface area contributed by atoms with Crippen LogP contribution in [0.15, 0.2) is 0 Å². The zero-order chi connectivity index (χ0) is 11.5. The monoisotopic (exact) mass is 226 g/mol. The summed E-state index contributed by atoms with van der Waals surface area (Å²) in [6, 6.07) is 0. The van der Waals surface area contributed by atoms with E-state index in [2.05, 4.69) is 20.8 Å². The Morgan fingerprint density at radius 1 is 1.12 bits per heavy atom. The van der Waals surface area contributed by atoms with Crippen molar-refractivity contribution in [1.29, 1.82) is 0 Å². The molecule has 2 nitrogen and oxygen atoms in total. The summed E-state index contributed by atoms with van der Waals surface area (Å²) < 4.78 is 11.8. The van der Waals surface area contributed by atoms with E-state index in [-0.39, 0.29) is 6.29 Å². The molecule has 0 bridgehead atoms. The fourth-order valence-electron chi connectivity index (χ4n) is 3.49. The van der Waals surface area contributed by atoms with Gasteiger partial charge in [-0.2, -0.15) is 0 Å². The zero-order valence-electron chi connectivity index (χ0n) is 10.9. The van der Waals surface area contributed by atoms with Gasteiger partial charge in [0.15, 0.2) is 6.29 Å². The molecule has 94 valence electrons. The summed E-state index contributed by atoms with van der Waals surface area (Å²) in [5.74, 6) is 2.25. The Morgan fingerprint density at radius 2 is 1.94 bits per heavy atom. The van der Waals surface area contributed by atoms with Crippen LogP contribution >= 0.6 is 0 Å². The van der Waals surface area contributed by atoms with Gasteiger partial charge in [-0.05, 0) is 30.6 Å². The van der Waals surface area contributed by atoms with Gasteiger partial charge in [-0.3, -0.25) is 0 Å². The molecule has 1 heterocycles. The summed E-state index contributed by atoms with van der Waals surface area (Å²) in [5.41, 5.74) is 0. The summed E-state index contributed by atoms with van der Waals surface area (Å²) in [6.45, 7) is 7.94. The molecule has 0 radical (unpaired) electrons. The lowest BCUT2D eigenvalue weighted by Crippen LogP contribution is -2.38. The Kier molecular flexibility index (Phi) is 4.26. The number of hydrogen-bond donors (Lipinski definition) is 0. The topological polar surface area (TPSA) is 18.5 Å². The third-order valence-electron chi connectivity index (χ3n) is 4.22. The minimum Gasteiger partial charge on any atom is -0.353 e. The molecule has 4 unspecified atom stereocenters. The Hall–Kier alpha value is -0.0800. The van der Waals surface area contributed by atoms with Crippen LogP contribution in [0.25, 0.3) is 0 Å². The van der Waals surface area contributed by atoms with Crippen molar-refractivity contribution in [2.24, 2.45) is 17.8 Å². The van der Waals surface area contributed by atoms with Crippen molar-refractivity contribution in [3.8, 4) is 0 Å². The van der Waals surface area contributed by atoms with Crippen molar-refractivity contribution in [3.05, 3.63) is 0 Å². The molecule has 0 aromatic heterocycles. The number of rotatable bonds is 3. The molecule has 0 amide bonds. The summed E-state index contributed by atoms with van der Waals surface area (Å²) in [6.07, 6.45) is 6.71. The molecule has 1 saturated carbocycles. The molecule has 1 aliphatic carbocycles. The number of hydrogen-bond acceptors (Lipinski definition) is 2. The SMILES string of the molecule is CC(C)C1C(C)CCCC1OC1CCCO1. The largest absolute Gasteiger partial charge is 0.353 e. The lowest BCUT2D eigenvalue weighted by Gasteiger charge is -2.40. The quantitative estimate of drug-likeness (QED) is 0.732. The van der Waals surface area contributed by atoms with Gasteiger partial charge in [0.2, 0.25) is 0 Å². The maximum absolute atomic E-state index is 6.17. The molecule has 0 spiro atoms. The Morgan fingerprint density at radius 3 is 2.56 bits per heavy atom. The van der Waals surface area contributed by atoms with Crippen LogP contribution in [0.3, 0.4) is 0 Å². The third-order valence-corrected chi connectivity index (χ3v) is 4.22. The van der Waals surface area contributed by atoms with Crippen LogP contribution in [0.2, 0.25) is 0 Å². The van der Waals surface area contributed by atoms with Gasteiger partial charge in [0, 0.05) is 13.0 Å². The van der Waals surface area contributed by atoms with Crippen LogP contribution in [-0.2, 0) is 9.47 Å². The van der Waals surface area contributed by atoms with Gasteiger partial charge in [-0.15, -0.1) is 0 Å².